The molecule has 100 valence electrons. The van der Waals surface area contributed by atoms with E-state index in [9.17, 15) is 4.79 Å². The maximum atomic E-state index is 11.1. The highest BCUT2D eigenvalue weighted by Crippen LogP contribution is 2.19. The number of hydrogen-bond acceptors (Lipinski definition) is 5. The third-order valence-corrected chi connectivity index (χ3v) is 2.54. The number of benzene rings is 1. The van der Waals surface area contributed by atoms with Gasteiger partial charge in [0.1, 0.15) is 0 Å². The minimum absolute atomic E-state index is 0.0911. The van der Waals surface area contributed by atoms with E-state index in [1.165, 1.54) is 0 Å². The molecule has 1 aromatic rings. The van der Waals surface area contributed by atoms with Gasteiger partial charge in [-0.3, -0.25) is 4.79 Å². The molecular weight excluding hydrogens is 234 g/mol. The number of nitrogens with one attached hydrogen (secondary N) is 1. The zero-order valence-electron chi connectivity index (χ0n) is 10.6. The van der Waals surface area contributed by atoms with Crippen LogP contribution in [0.3, 0.4) is 0 Å². The van der Waals surface area contributed by atoms with Crippen LogP contribution in [0.2, 0.25) is 0 Å². The van der Waals surface area contributed by atoms with Gasteiger partial charge >= 0.3 is 0 Å². The fourth-order valence-electron chi connectivity index (χ4n) is 1.48. The minimum Gasteiger partial charge on any atom is -0.397 e. The molecule has 1 aromatic carbocycles. The normalized spacial score (nSPS) is 12.1. The molecule has 6 heteroatoms. The number of anilines is 2. The van der Waals surface area contributed by atoms with Crippen LogP contribution >= 0.6 is 0 Å². The Hall–Kier alpha value is -1.79. The van der Waals surface area contributed by atoms with Gasteiger partial charge < -0.3 is 26.3 Å². The number of nitrogens with two attached hydrogens (primary N) is 2. The summed E-state index contributed by atoms with van der Waals surface area (Å²) >= 11 is 0. The number of rotatable bonds is 7. The van der Waals surface area contributed by atoms with Gasteiger partial charge in [-0.1, -0.05) is 0 Å². The van der Waals surface area contributed by atoms with E-state index in [1.807, 2.05) is 0 Å². The topological polar surface area (TPSA) is 99.6 Å². The third-order valence-electron chi connectivity index (χ3n) is 2.54. The van der Waals surface area contributed by atoms with Crippen LogP contribution in [0, 0.1) is 0 Å². The Bertz CT molecular complexity index is 410. The quantitative estimate of drug-likeness (QED) is 0.612. The average molecular weight is 253 g/mol. The molecule has 1 rings (SSSR count). The largest absolute Gasteiger partial charge is 0.397 e. The first-order valence-corrected chi connectivity index (χ1v) is 5.53. The molecule has 0 aliphatic heterocycles. The van der Waals surface area contributed by atoms with Crippen LogP contribution in [0.4, 0.5) is 11.4 Å². The van der Waals surface area contributed by atoms with Gasteiger partial charge in [-0.2, -0.15) is 0 Å². The van der Waals surface area contributed by atoms with Crippen molar-refractivity contribution in [2.75, 3.05) is 38.4 Å². The Morgan fingerprint density at radius 2 is 2.17 bits per heavy atom. The molecule has 18 heavy (non-hydrogen) atoms. The highest BCUT2D eigenvalue weighted by Gasteiger charge is 2.09. The van der Waals surface area contributed by atoms with Crippen LogP contribution in [0.15, 0.2) is 18.2 Å². The molecule has 0 heterocycles. The van der Waals surface area contributed by atoms with E-state index in [-0.39, 0.29) is 6.10 Å². The molecule has 0 spiro atoms. The number of carbonyl (C=O) groups is 1. The fourth-order valence-corrected chi connectivity index (χ4v) is 1.48. The van der Waals surface area contributed by atoms with Gasteiger partial charge in [0.2, 0.25) is 5.91 Å². The Kier molecular flexibility index (Phi) is 5.41. The number of methoxy groups -OCH3 is 2. The molecule has 0 bridgehead atoms. The summed E-state index contributed by atoms with van der Waals surface area (Å²) in [5.41, 5.74) is 12.6. The van der Waals surface area contributed by atoms with Crippen molar-refractivity contribution >= 4 is 17.3 Å². The minimum atomic E-state index is -0.488. The molecule has 1 unspecified atom stereocenters. The molecule has 0 aromatic heterocycles. The molecule has 5 N–H and O–H groups in total. The molecule has 1 atom stereocenters. The summed E-state index contributed by atoms with van der Waals surface area (Å²) in [6, 6.07) is 4.85. The highest BCUT2D eigenvalue weighted by molar-refractivity contribution is 5.94. The van der Waals surface area contributed by atoms with Crippen molar-refractivity contribution in [1.82, 2.24) is 0 Å². The number of hydrogen-bond donors (Lipinski definition) is 3. The summed E-state index contributed by atoms with van der Waals surface area (Å²) in [6.45, 7) is 0.996. The van der Waals surface area contributed by atoms with E-state index < -0.39 is 5.91 Å². The molecule has 0 aliphatic rings. The second-order valence-electron chi connectivity index (χ2n) is 3.86. The predicted octanol–water partition coefficient (Wildman–Crippen LogP) is 0.441. The summed E-state index contributed by atoms with van der Waals surface area (Å²) in [4.78, 5) is 11.1. The van der Waals surface area contributed by atoms with Crippen LogP contribution in [0.1, 0.15) is 10.4 Å². The monoisotopic (exact) mass is 253 g/mol. The number of primary amides is 1. The van der Waals surface area contributed by atoms with Crippen LogP contribution in [0.5, 0.6) is 0 Å². The number of nitrogen functional groups attached to an aromatic ring is 1. The van der Waals surface area contributed by atoms with Crippen molar-refractivity contribution in [3.05, 3.63) is 23.8 Å². The molecule has 0 radical (unpaired) electrons. The molecule has 0 fully saturated rings. The van der Waals surface area contributed by atoms with Gasteiger partial charge in [0.15, 0.2) is 0 Å². The maximum Gasteiger partial charge on any atom is 0.248 e. The first-order chi connectivity index (χ1) is 8.58. The highest BCUT2D eigenvalue weighted by atomic mass is 16.5. The van der Waals surface area contributed by atoms with E-state index in [1.54, 1.807) is 32.4 Å². The zero-order valence-corrected chi connectivity index (χ0v) is 10.6. The van der Waals surface area contributed by atoms with Crippen LogP contribution in [0.25, 0.3) is 0 Å². The van der Waals surface area contributed by atoms with Crippen molar-refractivity contribution < 1.29 is 14.3 Å². The Morgan fingerprint density at radius 1 is 1.44 bits per heavy atom. The van der Waals surface area contributed by atoms with E-state index in [0.29, 0.717) is 30.1 Å². The van der Waals surface area contributed by atoms with Gasteiger partial charge in [0, 0.05) is 26.3 Å². The van der Waals surface area contributed by atoms with E-state index in [2.05, 4.69) is 5.32 Å². The SMILES string of the molecule is COCC(CNc1cc(C(N)=O)ccc1N)OC. The van der Waals surface area contributed by atoms with Crippen molar-refractivity contribution in [3.8, 4) is 0 Å². The second-order valence-corrected chi connectivity index (χ2v) is 3.86. The lowest BCUT2D eigenvalue weighted by Gasteiger charge is -2.17. The molecule has 0 saturated carbocycles. The zero-order chi connectivity index (χ0) is 13.5. The fraction of sp³-hybridized carbons (Fsp3) is 0.417. The van der Waals surface area contributed by atoms with Gasteiger partial charge in [0.05, 0.1) is 24.1 Å². The standard InChI is InChI=1S/C12H19N3O3/c1-17-7-9(18-2)6-15-11-5-8(12(14)16)3-4-10(11)13/h3-5,9,15H,6-7,13H2,1-2H3,(H2,14,16). The van der Waals surface area contributed by atoms with Crippen LogP contribution in [-0.2, 0) is 9.47 Å². The summed E-state index contributed by atoms with van der Waals surface area (Å²) in [6.07, 6.45) is -0.0911. The molecule has 6 nitrogen and oxygen atoms in total. The van der Waals surface area contributed by atoms with Crippen molar-refractivity contribution in [2.24, 2.45) is 5.73 Å². The lowest BCUT2D eigenvalue weighted by atomic mass is 10.1. The Morgan fingerprint density at radius 3 is 2.72 bits per heavy atom. The van der Waals surface area contributed by atoms with Gasteiger partial charge in [-0.25, -0.2) is 0 Å². The Balaban J connectivity index is 2.71. The van der Waals surface area contributed by atoms with E-state index in [4.69, 9.17) is 20.9 Å². The van der Waals surface area contributed by atoms with Crippen molar-refractivity contribution in [1.29, 1.82) is 0 Å². The maximum absolute atomic E-state index is 11.1. The van der Waals surface area contributed by atoms with Gasteiger partial charge in [0.25, 0.3) is 0 Å². The lowest BCUT2D eigenvalue weighted by Crippen LogP contribution is -2.27. The number of ether oxygens (including phenoxy) is 2. The Labute approximate surface area is 106 Å². The second kappa shape index (κ2) is 6.83. The molecule has 0 aliphatic carbocycles. The summed E-state index contributed by atoms with van der Waals surface area (Å²) in [5.74, 6) is -0.488. The average Bonchev–Trinajstić information content (AvgIpc) is 2.35. The van der Waals surface area contributed by atoms with Crippen LogP contribution < -0.4 is 16.8 Å². The summed E-state index contributed by atoms with van der Waals surface area (Å²) in [5, 5.41) is 3.11. The first kappa shape index (κ1) is 14.3. The predicted molar refractivity (Wildman–Crippen MR) is 70.5 cm³/mol. The first-order valence-electron chi connectivity index (χ1n) is 5.53. The smallest absolute Gasteiger partial charge is 0.248 e. The summed E-state index contributed by atoms with van der Waals surface area (Å²) in [7, 11) is 3.21. The van der Waals surface area contributed by atoms with E-state index >= 15 is 0 Å². The third kappa shape index (κ3) is 3.90. The lowest BCUT2D eigenvalue weighted by molar-refractivity contribution is 0.0366. The van der Waals surface area contributed by atoms with Crippen LogP contribution in [-0.4, -0.2) is 39.4 Å². The van der Waals surface area contributed by atoms with E-state index in [0.717, 1.165) is 0 Å². The summed E-state index contributed by atoms with van der Waals surface area (Å²) < 4.78 is 10.2. The number of carbonyl (C=O) groups excluding carboxylic acids is 1. The van der Waals surface area contributed by atoms with Crippen molar-refractivity contribution in [3.63, 3.8) is 0 Å². The molecular formula is C12H19N3O3. The number of amides is 1. The van der Waals surface area contributed by atoms with Crippen molar-refractivity contribution in [2.45, 2.75) is 6.10 Å². The molecule has 0 saturated heterocycles. The molecule has 1 amide bonds. The van der Waals surface area contributed by atoms with Gasteiger partial charge in [-0.05, 0) is 18.2 Å². The van der Waals surface area contributed by atoms with Gasteiger partial charge in [-0.15, -0.1) is 0 Å².